The van der Waals surface area contributed by atoms with Crippen molar-refractivity contribution in [2.45, 2.75) is 39.6 Å². The summed E-state index contributed by atoms with van der Waals surface area (Å²) in [5.74, 6) is 0.168. The molecular formula is C20H25N7O5. The highest BCUT2D eigenvalue weighted by Gasteiger charge is 2.33. The third-order valence-corrected chi connectivity index (χ3v) is 5.20. The summed E-state index contributed by atoms with van der Waals surface area (Å²) in [4.78, 5) is 26.0. The predicted molar refractivity (Wildman–Crippen MR) is 115 cm³/mol. The average molecular weight is 443 g/mol. The molecule has 0 bridgehead atoms. The molecule has 1 aliphatic heterocycles. The summed E-state index contributed by atoms with van der Waals surface area (Å²) >= 11 is 0. The fraction of sp³-hybridized carbons (Fsp3) is 0.500. The van der Waals surface area contributed by atoms with E-state index in [0.717, 1.165) is 16.6 Å². The lowest BCUT2D eigenvalue weighted by Gasteiger charge is -2.35. The van der Waals surface area contributed by atoms with E-state index in [4.69, 9.17) is 14.2 Å². The maximum absolute atomic E-state index is 12.0. The van der Waals surface area contributed by atoms with Crippen molar-refractivity contribution in [1.29, 1.82) is 0 Å². The molecule has 0 saturated carbocycles. The largest absolute Gasteiger partial charge is 0.414 e. The Balaban J connectivity index is 1.77. The number of rotatable bonds is 6. The summed E-state index contributed by atoms with van der Waals surface area (Å²) in [5, 5.41) is 17.3. The molecule has 1 saturated heterocycles. The number of anilines is 1. The number of nitro groups is 1. The number of aryl methyl sites for hydroxylation is 2. The van der Waals surface area contributed by atoms with Crippen molar-refractivity contribution >= 4 is 22.5 Å². The van der Waals surface area contributed by atoms with Crippen molar-refractivity contribution in [2.24, 2.45) is 7.05 Å². The fourth-order valence-corrected chi connectivity index (χ4v) is 4.10. The molecule has 0 aliphatic carbocycles. The van der Waals surface area contributed by atoms with Crippen molar-refractivity contribution in [2.75, 3.05) is 25.1 Å². The van der Waals surface area contributed by atoms with E-state index in [1.807, 2.05) is 25.7 Å². The summed E-state index contributed by atoms with van der Waals surface area (Å²) in [6.07, 6.45) is 1.07. The first-order chi connectivity index (χ1) is 15.3. The van der Waals surface area contributed by atoms with Gasteiger partial charge in [-0.2, -0.15) is 15.1 Å². The second-order valence-corrected chi connectivity index (χ2v) is 7.83. The number of aromatic nitrogens is 5. The lowest BCUT2D eigenvalue weighted by atomic mass is 10.1. The van der Waals surface area contributed by atoms with Gasteiger partial charge >= 0.3 is 11.6 Å². The highest BCUT2D eigenvalue weighted by atomic mass is 16.6. The smallest absolute Gasteiger partial charge is 0.373 e. The molecule has 0 N–H and O–H groups in total. The van der Waals surface area contributed by atoms with Gasteiger partial charge in [0.1, 0.15) is 6.33 Å². The normalized spacial score (nSPS) is 18.8. The van der Waals surface area contributed by atoms with E-state index in [1.165, 1.54) is 6.33 Å². The average Bonchev–Trinajstić information content (AvgIpc) is 3.01. The highest BCUT2D eigenvalue weighted by Crippen LogP contribution is 2.37. The van der Waals surface area contributed by atoms with Crippen LogP contribution in [0.3, 0.4) is 0 Å². The third-order valence-electron chi connectivity index (χ3n) is 5.20. The first-order valence-electron chi connectivity index (χ1n) is 10.2. The van der Waals surface area contributed by atoms with Gasteiger partial charge in [0.05, 0.1) is 29.4 Å². The standard InChI is InChI=1S/C20H25N7O5/c1-11-7-26(8-12(2)31-11)19-17(27(28)29)20(22-10-21-19)32-15-6-14(9-30-5)16-13(3)24-25(4)18(16)23-15/h6,10-12H,7-9H2,1-5H3. The number of nitrogens with zero attached hydrogens (tertiary/aromatic N) is 7. The van der Waals surface area contributed by atoms with Gasteiger partial charge in [-0.3, -0.25) is 14.8 Å². The molecule has 3 aromatic heterocycles. The minimum Gasteiger partial charge on any atom is -0.414 e. The van der Waals surface area contributed by atoms with E-state index in [9.17, 15) is 10.1 Å². The van der Waals surface area contributed by atoms with Crippen LogP contribution in [0.1, 0.15) is 25.1 Å². The Bertz CT molecular complexity index is 1150. The van der Waals surface area contributed by atoms with Crippen LogP contribution in [0, 0.1) is 17.0 Å². The zero-order chi connectivity index (χ0) is 23.0. The molecule has 2 unspecified atom stereocenters. The number of pyridine rings is 1. The zero-order valence-electron chi connectivity index (χ0n) is 18.6. The van der Waals surface area contributed by atoms with Gasteiger partial charge in [-0.25, -0.2) is 4.98 Å². The monoisotopic (exact) mass is 443 g/mol. The summed E-state index contributed by atoms with van der Waals surface area (Å²) in [6, 6.07) is 1.69. The summed E-state index contributed by atoms with van der Waals surface area (Å²) in [5.41, 5.74) is 1.88. The van der Waals surface area contributed by atoms with Crippen LogP contribution < -0.4 is 9.64 Å². The van der Waals surface area contributed by atoms with Gasteiger partial charge in [-0.05, 0) is 26.3 Å². The molecule has 0 aromatic carbocycles. The zero-order valence-corrected chi connectivity index (χ0v) is 18.6. The maximum Gasteiger partial charge on any atom is 0.373 e. The molecule has 1 fully saturated rings. The number of hydrogen-bond acceptors (Lipinski definition) is 10. The van der Waals surface area contributed by atoms with E-state index in [-0.39, 0.29) is 35.5 Å². The molecule has 12 nitrogen and oxygen atoms in total. The summed E-state index contributed by atoms with van der Waals surface area (Å²) < 4.78 is 18.5. The molecule has 1 aliphatic rings. The molecule has 0 amide bonds. The molecule has 0 spiro atoms. The lowest BCUT2D eigenvalue weighted by Crippen LogP contribution is -2.46. The summed E-state index contributed by atoms with van der Waals surface area (Å²) in [6.45, 7) is 6.97. The van der Waals surface area contributed by atoms with Crippen LogP contribution in [0.25, 0.3) is 11.0 Å². The van der Waals surface area contributed by atoms with Crippen molar-refractivity contribution in [3.05, 3.63) is 33.8 Å². The van der Waals surface area contributed by atoms with Crippen LogP contribution in [0.15, 0.2) is 12.4 Å². The number of ether oxygens (including phenoxy) is 3. The second-order valence-electron chi connectivity index (χ2n) is 7.83. The summed E-state index contributed by atoms with van der Waals surface area (Å²) in [7, 11) is 3.36. The van der Waals surface area contributed by atoms with Crippen LogP contribution in [0.5, 0.6) is 11.8 Å². The minimum atomic E-state index is -0.529. The first kappa shape index (κ1) is 21.8. The van der Waals surface area contributed by atoms with E-state index >= 15 is 0 Å². The van der Waals surface area contributed by atoms with Crippen LogP contribution in [-0.4, -0.2) is 62.1 Å². The lowest BCUT2D eigenvalue weighted by molar-refractivity contribution is -0.385. The van der Waals surface area contributed by atoms with Crippen molar-refractivity contribution in [3.63, 3.8) is 0 Å². The minimum absolute atomic E-state index is 0.0913. The first-order valence-corrected chi connectivity index (χ1v) is 10.2. The van der Waals surface area contributed by atoms with Crippen molar-refractivity contribution < 1.29 is 19.1 Å². The maximum atomic E-state index is 12.0. The van der Waals surface area contributed by atoms with Gasteiger partial charge in [-0.1, -0.05) is 0 Å². The molecule has 3 aromatic rings. The number of methoxy groups -OCH3 is 1. The molecule has 0 radical (unpaired) electrons. The number of hydrogen-bond donors (Lipinski definition) is 0. The highest BCUT2D eigenvalue weighted by molar-refractivity contribution is 5.82. The SMILES string of the molecule is COCc1cc(Oc2ncnc(N3CC(C)OC(C)C3)c2[N+](=O)[O-])nc2c1c(C)nn2C. The van der Waals surface area contributed by atoms with E-state index in [1.54, 1.807) is 24.9 Å². The third kappa shape index (κ3) is 4.06. The Labute approximate surface area is 184 Å². The van der Waals surface area contributed by atoms with Gasteiger partial charge in [0.2, 0.25) is 11.7 Å². The van der Waals surface area contributed by atoms with Gasteiger partial charge in [0.25, 0.3) is 0 Å². The second kappa shape index (κ2) is 8.63. The fourth-order valence-electron chi connectivity index (χ4n) is 4.10. The van der Waals surface area contributed by atoms with Crippen LogP contribution >= 0.6 is 0 Å². The van der Waals surface area contributed by atoms with Gasteiger partial charge in [-0.15, -0.1) is 0 Å². The Morgan fingerprint density at radius 3 is 2.66 bits per heavy atom. The van der Waals surface area contributed by atoms with Gasteiger partial charge in [0, 0.05) is 38.7 Å². The Kier molecular flexibility index (Phi) is 5.89. The molecule has 12 heteroatoms. The quantitative estimate of drug-likeness (QED) is 0.414. The van der Waals surface area contributed by atoms with Crippen molar-refractivity contribution in [3.8, 4) is 11.8 Å². The number of fused-ring (bicyclic) bond motifs is 1. The number of morpholine rings is 1. The molecule has 170 valence electrons. The van der Waals surface area contributed by atoms with Gasteiger partial charge < -0.3 is 19.1 Å². The molecule has 32 heavy (non-hydrogen) atoms. The molecule has 4 heterocycles. The molecular weight excluding hydrogens is 418 g/mol. The molecule has 2 atom stereocenters. The van der Waals surface area contributed by atoms with E-state index in [0.29, 0.717) is 25.3 Å². The Morgan fingerprint density at radius 1 is 1.28 bits per heavy atom. The molecule has 4 rings (SSSR count). The van der Waals surface area contributed by atoms with E-state index < -0.39 is 4.92 Å². The van der Waals surface area contributed by atoms with Crippen LogP contribution in [-0.2, 0) is 23.1 Å². The van der Waals surface area contributed by atoms with Crippen LogP contribution in [0.2, 0.25) is 0 Å². The van der Waals surface area contributed by atoms with Crippen LogP contribution in [0.4, 0.5) is 11.5 Å². The Hall–Kier alpha value is -3.38. The van der Waals surface area contributed by atoms with Gasteiger partial charge in [0.15, 0.2) is 5.65 Å². The Morgan fingerprint density at radius 2 is 2.00 bits per heavy atom. The van der Waals surface area contributed by atoms with Crippen molar-refractivity contribution in [1.82, 2.24) is 24.7 Å². The van der Waals surface area contributed by atoms with E-state index in [2.05, 4.69) is 20.1 Å². The predicted octanol–water partition coefficient (Wildman–Crippen LogP) is 2.53. The topological polar surface area (TPSA) is 131 Å².